The molecule has 0 unspecified atom stereocenters. The highest BCUT2D eigenvalue weighted by Gasteiger charge is 2.34. The Bertz CT molecular complexity index is 1830. The number of hydrogen-bond donors (Lipinski definition) is 0. The van der Waals surface area contributed by atoms with Gasteiger partial charge in [0.25, 0.3) is 5.56 Å². The van der Waals surface area contributed by atoms with Gasteiger partial charge in [-0.1, -0.05) is 93.1 Å². The van der Waals surface area contributed by atoms with Crippen LogP contribution < -0.4 is 19.6 Å². The lowest BCUT2D eigenvalue weighted by molar-refractivity contribution is -0.139. The van der Waals surface area contributed by atoms with Crippen LogP contribution in [0.4, 0.5) is 0 Å². The molecule has 5 rings (SSSR count). The third-order valence-corrected chi connectivity index (χ3v) is 8.36. The van der Waals surface area contributed by atoms with Crippen molar-refractivity contribution < 1.29 is 14.3 Å². The molecule has 0 radical (unpaired) electrons. The van der Waals surface area contributed by atoms with Crippen LogP contribution in [-0.4, -0.2) is 23.2 Å². The van der Waals surface area contributed by atoms with Crippen LogP contribution in [0.2, 0.25) is 0 Å². The number of fused-ring (bicyclic) bond motifs is 2. The van der Waals surface area contributed by atoms with Gasteiger partial charge in [-0.05, 0) is 67.2 Å². The van der Waals surface area contributed by atoms with E-state index in [1.54, 1.807) is 11.5 Å². The first-order valence-corrected chi connectivity index (χ1v) is 15.5. The molecule has 1 aliphatic rings. The lowest BCUT2D eigenvalue weighted by atomic mass is 9.92. The van der Waals surface area contributed by atoms with Crippen molar-refractivity contribution in [1.29, 1.82) is 0 Å². The second kappa shape index (κ2) is 12.5. The maximum Gasteiger partial charge on any atom is 0.338 e. The average Bonchev–Trinajstić information content (AvgIpc) is 3.27. The molecule has 0 aliphatic carbocycles. The van der Waals surface area contributed by atoms with Gasteiger partial charge in [-0.3, -0.25) is 9.36 Å². The summed E-state index contributed by atoms with van der Waals surface area (Å²) in [6.45, 7) is 12.4. The fourth-order valence-corrected chi connectivity index (χ4v) is 6.41. The Kier molecular flexibility index (Phi) is 8.78. The van der Waals surface area contributed by atoms with E-state index in [9.17, 15) is 9.59 Å². The molecule has 0 spiro atoms. The predicted octanol–water partition coefficient (Wildman–Crippen LogP) is 6.64. The van der Waals surface area contributed by atoms with Crippen LogP contribution in [0.15, 0.2) is 81.7 Å². The molecule has 0 fully saturated rings. The minimum atomic E-state index is -0.635. The van der Waals surface area contributed by atoms with Crippen molar-refractivity contribution in [2.24, 2.45) is 4.99 Å². The van der Waals surface area contributed by atoms with E-state index < -0.39 is 12.0 Å². The zero-order valence-corrected chi connectivity index (χ0v) is 26.0. The number of thiazole rings is 1. The fourth-order valence-electron chi connectivity index (χ4n) is 5.41. The van der Waals surface area contributed by atoms with Crippen molar-refractivity contribution in [1.82, 2.24) is 4.57 Å². The molecule has 218 valence electrons. The quantitative estimate of drug-likeness (QED) is 0.208. The summed E-state index contributed by atoms with van der Waals surface area (Å²) < 4.78 is 13.9. The Morgan fingerprint density at radius 3 is 2.43 bits per heavy atom. The zero-order valence-electron chi connectivity index (χ0n) is 25.1. The van der Waals surface area contributed by atoms with Gasteiger partial charge in [0.2, 0.25) is 0 Å². The van der Waals surface area contributed by atoms with Crippen LogP contribution in [0.5, 0.6) is 5.75 Å². The molecule has 1 atom stereocenters. The van der Waals surface area contributed by atoms with Gasteiger partial charge < -0.3 is 9.47 Å². The highest BCUT2D eigenvalue weighted by atomic mass is 32.1. The molecule has 0 saturated heterocycles. The number of allylic oxidation sites excluding steroid dienone is 1. The van der Waals surface area contributed by atoms with Crippen molar-refractivity contribution in [3.05, 3.63) is 108 Å². The second-order valence-electron chi connectivity index (χ2n) is 11.1. The van der Waals surface area contributed by atoms with E-state index in [4.69, 9.17) is 14.5 Å². The van der Waals surface area contributed by atoms with Crippen LogP contribution in [0.3, 0.4) is 0 Å². The van der Waals surface area contributed by atoms with E-state index in [0.717, 1.165) is 28.3 Å². The maximum absolute atomic E-state index is 14.3. The van der Waals surface area contributed by atoms with Gasteiger partial charge in [0.1, 0.15) is 5.75 Å². The first-order chi connectivity index (χ1) is 20.2. The van der Waals surface area contributed by atoms with E-state index in [1.807, 2.05) is 62.4 Å². The molecular weight excluding hydrogens is 544 g/mol. The van der Waals surface area contributed by atoms with Gasteiger partial charge in [0.05, 0.1) is 34.6 Å². The van der Waals surface area contributed by atoms with Gasteiger partial charge in [-0.25, -0.2) is 9.79 Å². The van der Waals surface area contributed by atoms with E-state index >= 15 is 0 Å². The van der Waals surface area contributed by atoms with Crippen LogP contribution in [0.25, 0.3) is 16.8 Å². The highest BCUT2D eigenvalue weighted by Crippen LogP contribution is 2.34. The van der Waals surface area contributed by atoms with E-state index in [0.29, 0.717) is 38.7 Å². The first kappa shape index (κ1) is 29.5. The predicted molar refractivity (Wildman–Crippen MR) is 170 cm³/mol. The summed E-state index contributed by atoms with van der Waals surface area (Å²) in [6.07, 6.45) is 3.30. The van der Waals surface area contributed by atoms with Gasteiger partial charge in [0, 0.05) is 5.56 Å². The number of aromatic nitrogens is 1. The van der Waals surface area contributed by atoms with Crippen molar-refractivity contribution >= 4 is 34.2 Å². The summed E-state index contributed by atoms with van der Waals surface area (Å²) >= 11 is 1.34. The molecule has 42 heavy (non-hydrogen) atoms. The minimum Gasteiger partial charge on any atom is -0.490 e. The molecule has 7 heteroatoms. The fraction of sp³-hybridized carbons (Fsp3) is 0.343. The number of carbonyl (C=O) groups is 1. The summed E-state index contributed by atoms with van der Waals surface area (Å²) in [4.78, 5) is 33.3. The van der Waals surface area contributed by atoms with Crippen LogP contribution in [-0.2, 0) is 9.53 Å². The van der Waals surface area contributed by atoms with Crippen molar-refractivity contribution in [2.75, 3.05) is 6.61 Å². The van der Waals surface area contributed by atoms with E-state index in [1.165, 1.54) is 16.9 Å². The van der Waals surface area contributed by atoms with Crippen molar-refractivity contribution in [3.63, 3.8) is 0 Å². The highest BCUT2D eigenvalue weighted by molar-refractivity contribution is 7.07. The van der Waals surface area contributed by atoms with Gasteiger partial charge in [-0.15, -0.1) is 0 Å². The molecule has 4 aromatic rings. The zero-order chi connectivity index (χ0) is 30.0. The average molecular weight is 583 g/mol. The molecule has 3 aromatic carbocycles. The molecule has 0 bridgehead atoms. The Morgan fingerprint density at radius 1 is 1.02 bits per heavy atom. The molecular formula is C35H38N2O4S. The number of benzene rings is 3. The number of hydrogen-bond acceptors (Lipinski definition) is 6. The number of nitrogens with zero attached hydrogens (tertiary/aromatic N) is 2. The molecule has 0 amide bonds. The first-order valence-electron chi connectivity index (χ1n) is 14.7. The Labute approximate surface area is 250 Å². The third-order valence-electron chi connectivity index (χ3n) is 7.38. The Morgan fingerprint density at radius 2 is 1.76 bits per heavy atom. The second-order valence-corrected chi connectivity index (χ2v) is 12.1. The largest absolute Gasteiger partial charge is 0.490 e. The maximum atomic E-state index is 14.3. The lowest BCUT2D eigenvalue weighted by Crippen LogP contribution is -2.40. The van der Waals surface area contributed by atoms with E-state index in [-0.39, 0.29) is 18.3 Å². The van der Waals surface area contributed by atoms with Gasteiger partial charge in [-0.2, -0.15) is 0 Å². The molecule has 1 aliphatic heterocycles. The molecule has 2 heterocycles. The molecule has 1 aromatic heterocycles. The summed E-state index contributed by atoms with van der Waals surface area (Å²) in [5.41, 5.74) is 3.81. The molecule has 0 N–H and O–H groups in total. The standard InChI is InChI=1S/C35H38N2O4S/c1-7-11-28-31(34(39)40-8-2)32(25-16-14-23(15-17-25)21(3)4)37-33(38)30(42-35(37)36-28)20-27-26-13-10-9-12-24(26)18-19-29(27)41-22(5)6/h9-10,12-22,32H,7-8,11H2,1-6H3/b30-20-/t32-/m1/s1. The molecule has 0 saturated carbocycles. The summed E-state index contributed by atoms with van der Waals surface area (Å²) in [5.74, 6) is 0.646. The smallest absolute Gasteiger partial charge is 0.338 e. The van der Waals surface area contributed by atoms with Crippen molar-refractivity contribution in [2.45, 2.75) is 72.4 Å². The van der Waals surface area contributed by atoms with Crippen LogP contribution in [0, 0.1) is 0 Å². The number of carbonyl (C=O) groups excluding carboxylic acids is 1. The van der Waals surface area contributed by atoms with Gasteiger partial charge in [0.15, 0.2) is 4.80 Å². The van der Waals surface area contributed by atoms with Gasteiger partial charge >= 0.3 is 5.97 Å². The SMILES string of the molecule is CCCC1=C(C(=O)OCC)[C@@H](c2ccc(C(C)C)cc2)n2c(s/c(=C\c3c(OC(C)C)ccc4ccccc34)c2=O)=N1. The monoisotopic (exact) mass is 582 g/mol. The number of rotatable bonds is 9. The Hall–Kier alpha value is -3.97. The summed E-state index contributed by atoms with van der Waals surface area (Å²) in [7, 11) is 0. The molecule has 6 nitrogen and oxygen atoms in total. The lowest BCUT2D eigenvalue weighted by Gasteiger charge is -2.26. The van der Waals surface area contributed by atoms with Crippen LogP contribution in [0.1, 0.15) is 83.0 Å². The topological polar surface area (TPSA) is 69.9 Å². The minimum absolute atomic E-state index is 0.0305. The van der Waals surface area contributed by atoms with E-state index in [2.05, 4.69) is 39.0 Å². The summed E-state index contributed by atoms with van der Waals surface area (Å²) in [5, 5.41) is 2.06. The summed E-state index contributed by atoms with van der Waals surface area (Å²) in [6, 6.07) is 19.6. The third kappa shape index (κ3) is 5.71. The number of esters is 1. The number of ether oxygens (including phenoxy) is 2. The normalized spacial score (nSPS) is 15.3. The van der Waals surface area contributed by atoms with Crippen molar-refractivity contribution in [3.8, 4) is 5.75 Å². The van der Waals surface area contributed by atoms with Crippen LogP contribution >= 0.6 is 11.3 Å². The Balaban J connectivity index is 1.79.